The van der Waals surface area contributed by atoms with Crippen molar-refractivity contribution in [3.63, 3.8) is 0 Å². The third-order valence-corrected chi connectivity index (χ3v) is 22.3. The Balaban J connectivity index is 1.12. The molecule has 0 aliphatic carbocycles. The Bertz CT molecular complexity index is 2900. The predicted octanol–water partition coefficient (Wildman–Crippen LogP) is 21.5. The molecule has 0 aliphatic heterocycles. The lowest BCUT2D eigenvalue weighted by Crippen LogP contribution is -1.94. The molecule has 0 spiro atoms. The SMILES string of the molecule is CCCCc1c(-c2cccs2)sc(-c2ccc(-c3sc4ccccc4c3-c3c(-c4ccc(-c5sc(-c6cccs6)c(CCCC)c5CCCC)s4)sc4ccccc34)s2)c1CCCC. The van der Waals surface area contributed by atoms with E-state index in [0.29, 0.717) is 0 Å². The van der Waals surface area contributed by atoms with E-state index < -0.39 is 0 Å². The lowest BCUT2D eigenvalue weighted by Gasteiger charge is -2.08. The molecule has 0 bridgehead atoms. The van der Waals surface area contributed by atoms with Gasteiger partial charge < -0.3 is 0 Å². The van der Waals surface area contributed by atoms with Crippen molar-refractivity contribution in [2.45, 2.75) is 105 Å². The molecule has 0 fully saturated rings. The summed E-state index contributed by atoms with van der Waals surface area (Å²) in [6.45, 7) is 9.33. The number of hydrogen-bond acceptors (Lipinski definition) is 8. The van der Waals surface area contributed by atoms with Crippen LogP contribution in [0.15, 0.2) is 108 Å². The van der Waals surface area contributed by atoms with Gasteiger partial charge in [0, 0.05) is 80.1 Å². The van der Waals surface area contributed by atoms with Gasteiger partial charge in [-0.15, -0.1) is 90.7 Å². The summed E-state index contributed by atoms with van der Waals surface area (Å²) in [7, 11) is 0. The molecule has 0 N–H and O–H groups in total. The molecule has 8 heteroatoms. The highest BCUT2D eigenvalue weighted by Crippen LogP contribution is 2.57. The average Bonchev–Trinajstić information content (AvgIpc) is 4.16. The average molecular weight is 984 g/mol. The van der Waals surface area contributed by atoms with E-state index in [4.69, 9.17) is 0 Å². The van der Waals surface area contributed by atoms with Crippen molar-refractivity contribution in [2.24, 2.45) is 0 Å². The first-order chi connectivity index (χ1) is 31.6. The maximum Gasteiger partial charge on any atom is 0.0534 e. The Morgan fingerprint density at radius 3 is 1.00 bits per heavy atom. The quantitative estimate of drug-likeness (QED) is 0.0757. The van der Waals surface area contributed by atoms with Crippen LogP contribution in [0.2, 0.25) is 0 Å². The summed E-state index contributed by atoms with van der Waals surface area (Å²) < 4.78 is 2.72. The molecular weight excluding hydrogens is 929 g/mol. The fourth-order valence-corrected chi connectivity index (χ4v) is 18.7. The van der Waals surface area contributed by atoms with E-state index in [1.54, 1.807) is 22.3 Å². The molecule has 8 heterocycles. The molecule has 0 unspecified atom stereocenters. The van der Waals surface area contributed by atoms with E-state index >= 15 is 0 Å². The standard InChI is InChI=1S/C56H54S8/c1-5-9-19-35-37(21-11-7-3)53(63-51(35)43-27-17-33-57-43)45-29-31-47(59-45)55-49(39-23-13-15-25-41(39)61-55)50-40-24-14-16-26-42(40)62-56(50)48-32-30-46(60-48)54-38(22-12-8-4)36(20-10-6-2)52(64-54)44-28-18-34-58-44/h13-18,23-34H,5-12,19-22H2,1-4H3. The topological polar surface area (TPSA) is 0 Å². The van der Waals surface area contributed by atoms with Gasteiger partial charge in [-0.05, 0) is 133 Å². The van der Waals surface area contributed by atoms with Crippen LogP contribution in [0.4, 0.5) is 0 Å². The van der Waals surface area contributed by atoms with E-state index in [1.807, 2.05) is 68.0 Å². The summed E-state index contributed by atoms with van der Waals surface area (Å²) in [5.74, 6) is 0. The van der Waals surface area contributed by atoms with Crippen LogP contribution < -0.4 is 0 Å². The minimum absolute atomic E-state index is 1.15. The minimum atomic E-state index is 1.15. The summed E-state index contributed by atoms with van der Waals surface area (Å²) in [6.07, 6.45) is 14.4. The second-order valence-electron chi connectivity index (χ2n) is 16.7. The molecule has 0 nitrogen and oxygen atoms in total. The Morgan fingerprint density at radius 1 is 0.312 bits per heavy atom. The molecule has 0 saturated carbocycles. The second-order valence-corrected chi connectivity index (χ2v) is 24.9. The van der Waals surface area contributed by atoms with Crippen molar-refractivity contribution in [3.05, 3.63) is 130 Å². The number of thiophene rings is 8. The van der Waals surface area contributed by atoms with Gasteiger partial charge in [0.1, 0.15) is 0 Å². The summed E-state index contributed by atoms with van der Waals surface area (Å²) >= 11 is 15.9. The Kier molecular flexibility index (Phi) is 14.0. The normalized spacial score (nSPS) is 11.9. The van der Waals surface area contributed by atoms with Crippen LogP contribution in [0.5, 0.6) is 0 Å². The number of rotatable bonds is 19. The smallest absolute Gasteiger partial charge is 0.0534 e. The van der Waals surface area contributed by atoms with Gasteiger partial charge in [-0.25, -0.2) is 0 Å². The van der Waals surface area contributed by atoms with Crippen LogP contribution in [0.3, 0.4) is 0 Å². The van der Waals surface area contributed by atoms with E-state index in [-0.39, 0.29) is 0 Å². The molecule has 10 aromatic rings. The van der Waals surface area contributed by atoms with Crippen molar-refractivity contribution in [2.75, 3.05) is 0 Å². The van der Waals surface area contributed by atoms with Gasteiger partial charge in [-0.3, -0.25) is 0 Å². The van der Waals surface area contributed by atoms with Crippen molar-refractivity contribution in [3.8, 4) is 69.7 Å². The fourth-order valence-electron chi connectivity index (χ4n) is 9.18. The van der Waals surface area contributed by atoms with Crippen LogP contribution >= 0.6 is 90.7 Å². The highest BCUT2D eigenvalue weighted by Gasteiger charge is 2.28. The zero-order valence-corrected chi connectivity index (χ0v) is 43.7. The van der Waals surface area contributed by atoms with Gasteiger partial charge in [-0.1, -0.05) is 102 Å². The van der Waals surface area contributed by atoms with Crippen LogP contribution in [0, 0.1) is 0 Å². The van der Waals surface area contributed by atoms with Gasteiger partial charge in [0.2, 0.25) is 0 Å². The first-order valence-electron chi connectivity index (χ1n) is 23.2. The zero-order valence-electron chi connectivity index (χ0n) is 37.1. The minimum Gasteiger partial charge on any atom is -0.143 e. The summed E-state index contributed by atoms with van der Waals surface area (Å²) in [4.78, 5) is 17.3. The summed E-state index contributed by atoms with van der Waals surface area (Å²) in [5, 5.41) is 7.22. The first kappa shape index (κ1) is 44.4. The lowest BCUT2D eigenvalue weighted by atomic mass is 9.97. The third kappa shape index (κ3) is 8.56. The second kappa shape index (κ2) is 20.2. The van der Waals surface area contributed by atoms with E-state index in [0.717, 1.165) is 12.8 Å². The van der Waals surface area contributed by atoms with Crippen molar-refractivity contribution in [1.82, 2.24) is 0 Å². The monoisotopic (exact) mass is 982 g/mol. The number of fused-ring (bicyclic) bond motifs is 2. The molecule has 0 saturated heterocycles. The first-order valence-corrected chi connectivity index (χ1v) is 29.9. The maximum atomic E-state index is 2.45. The van der Waals surface area contributed by atoms with E-state index in [9.17, 15) is 0 Å². The highest BCUT2D eigenvalue weighted by atomic mass is 32.1. The van der Waals surface area contributed by atoms with Gasteiger partial charge in [-0.2, -0.15) is 0 Å². The molecule has 64 heavy (non-hydrogen) atoms. The largest absolute Gasteiger partial charge is 0.143 e. The Morgan fingerprint density at radius 2 is 0.656 bits per heavy atom. The highest BCUT2D eigenvalue weighted by molar-refractivity contribution is 7.31. The van der Waals surface area contributed by atoms with Crippen molar-refractivity contribution >= 4 is 111 Å². The maximum absolute atomic E-state index is 2.45. The third-order valence-electron chi connectivity index (χ3n) is 12.4. The molecule has 0 radical (unpaired) electrons. The van der Waals surface area contributed by atoms with E-state index in [1.165, 1.54) is 154 Å². The fraction of sp³-hybridized carbons (Fsp3) is 0.286. The molecule has 0 aliphatic rings. The van der Waals surface area contributed by atoms with Gasteiger partial charge in [0.15, 0.2) is 0 Å². The van der Waals surface area contributed by atoms with Crippen LogP contribution in [0.1, 0.15) is 101 Å². The van der Waals surface area contributed by atoms with Crippen LogP contribution in [0.25, 0.3) is 89.8 Å². The molecule has 2 aromatic carbocycles. The van der Waals surface area contributed by atoms with Gasteiger partial charge in [0.05, 0.1) is 9.75 Å². The molecule has 0 atom stereocenters. The van der Waals surface area contributed by atoms with Gasteiger partial charge >= 0.3 is 0 Å². The van der Waals surface area contributed by atoms with E-state index in [2.05, 4.69) is 158 Å². The summed E-state index contributed by atoms with van der Waals surface area (Å²) in [6, 6.07) is 37.3. The summed E-state index contributed by atoms with van der Waals surface area (Å²) in [5.41, 5.74) is 9.24. The molecule has 326 valence electrons. The number of hydrogen-bond donors (Lipinski definition) is 0. The molecular formula is C56H54S8. The van der Waals surface area contributed by atoms with Crippen molar-refractivity contribution < 1.29 is 0 Å². The lowest BCUT2D eigenvalue weighted by molar-refractivity contribution is 0.764. The predicted molar refractivity (Wildman–Crippen MR) is 297 cm³/mol. The Labute approximate surface area is 411 Å². The zero-order chi connectivity index (χ0) is 43.6. The number of benzene rings is 2. The van der Waals surface area contributed by atoms with Crippen LogP contribution in [-0.4, -0.2) is 0 Å². The molecule has 0 amide bonds. The van der Waals surface area contributed by atoms with Gasteiger partial charge in [0.25, 0.3) is 0 Å². The van der Waals surface area contributed by atoms with Crippen molar-refractivity contribution in [1.29, 1.82) is 0 Å². The Hall–Kier alpha value is -3.44. The van der Waals surface area contributed by atoms with Crippen LogP contribution in [-0.2, 0) is 25.7 Å². The molecule has 8 aromatic heterocycles. The number of unbranched alkanes of at least 4 members (excludes halogenated alkanes) is 4. The molecule has 10 rings (SSSR count).